The molecule has 0 aliphatic carbocycles. The molecule has 2 aliphatic heterocycles. The van der Waals surface area contributed by atoms with Crippen LogP contribution in [0.4, 0.5) is 0 Å². The van der Waals surface area contributed by atoms with Gasteiger partial charge in [0.05, 0.1) is 0 Å². The Morgan fingerprint density at radius 2 is 1.50 bits per heavy atom. The maximum atomic E-state index is 12.6. The number of fused-ring (bicyclic) bond motifs is 2. The van der Waals surface area contributed by atoms with E-state index in [1.165, 1.54) is 5.56 Å². The second-order valence-corrected chi connectivity index (χ2v) is 8.25. The number of benzene rings is 3. The lowest BCUT2D eigenvalue weighted by molar-refractivity contribution is -0.159. The lowest BCUT2D eigenvalue weighted by Gasteiger charge is -2.34. The van der Waals surface area contributed by atoms with E-state index in [9.17, 15) is 4.79 Å². The summed E-state index contributed by atoms with van der Waals surface area (Å²) in [6.45, 7) is 4.31. The first-order chi connectivity index (χ1) is 17.4. The number of rotatable bonds is 5. The molecule has 0 aromatic heterocycles. The van der Waals surface area contributed by atoms with Gasteiger partial charge in [0.25, 0.3) is 5.91 Å². The van der Waals surface area contributed by atoms with Crippen LogP contribution in [0.1, 0.15) is 5.56 Å². The van der Waals surface area contributed by atoms with Gasteiger partial charge in [-0.3, -0.25) is 9.69 Å². The minimum absolute atomic E-state index is 0.0332. The minimum atomic E-state index is -1.82. The fraction of sp³-hybridized carbons (Fsp3) is 0.269. The fourth-order valence-corrected chi connectivity index (χ4v) is 3.95. The molecule has 1 fully saturated rings. The number of carbonyl (C=O) groups is 3. The Morgan fingerprint density at radius 3 is 2.22 bits per heavy atom. The Kier molecular flexibility index (Phi) is 7.86. The SMILES string of the molecule is O=C(COc1ccc2ccccc2c1)N1CCN(Cc2ccc3c(c2)OCO3)CC1.O=C(O)C(=O)O. The molecule has 2 aliphatic rings. The van der Waals surface area contributed by atoms with E-state index < -0.39 is 11.9 Å². The summed E-state index contributed by atoms with van der Waals surface area (Å²) in [5, 5.41) is 17.1. The van der Waals surface area contributed by atoms with E-state index in [2.05, 4.69) is 17.0 Å². The number of amides is 1. The van der Waals surface area contributed by atoms with Crippen LogP contribution in [-0.4, -0.2) is 77.4 Å². The van der Waals surface area contributed by atoms with Gasteiger partial charge in [-0.05, 0) is 40.6 Å². The van der Waals surface area contributed by atoms with Crippen molar-refractivity contribution >= 4 is 28.6 Å². The second-order valence-electron chi connectivity index (χ2n) is 8.25. The number of carboxylic acids is 2. The van der Waals surface area contributed by atoms with Gasteiger partial charge < -0.3 is 29.3 Å². The predicted octanol–water partition coefficient (Wildman–Crippen LogP) is 2.45. The molecule has 5 rings (SSSR count). The van der Waals surface area contributed by atoms with E-state index in [0.717, 1.165) is 47.7 Å². The number of carbonyl (C=O) groups excluding carboxylic acids is 1. The standard InChI is InChI=1S/C24H24N2O4.C2H2O4/c27-24(16-28-21-7-6-19-3-1-2-4-20(19)14-21)26-11-9-25(10-12-26)15-18-5-8-22-23(13-18)30-17-29-22;3-1(4)2(5)6/h1-8,13-14H,9-12,15-17H2;(H,3,4)(H,5,6). The van der Waals surface area contributed by atoms with Crippen molar-refractivity contribution < 1.29 is 38.8 Å². The summed E-state index contributed by atoms with van der Waals surface area (Å²) in [6.07, 6.45) is 0. The second kappa shape index (κ2) is 11.4. The molecule has 2 N–H and O–H groups in total. The van der Waals surface area contributed by atoms with Gasteiger partial charge in [-0.1, -0.05) is 36.4 Å². The van der Waals surface area contributed by atoms with E-state index in [1.807, 2.05) is 53.4 Å². The Morgan fingerprint density at radius 1 is 0.806 bits per heavy atom. The Balaban J connectivity index is 0.000000455. The van der Waals surface area contributed by atoms with Gasteiger partial charge >= 0.3 is 11.9 Å². The van der Waals surface area contributed by atoms with Gasteiger partial charge in [0.1, 0.15) is 5.75 Å². The third-order valence-electron chi connectivity index (χ3n) is 5.83. The van der Waals surface area contributed by atoms with E-state index in [-0.39, 0.29) is 12.5 Å². The predicted molar refractivity (Wildman–Crippen MR) is 129 cm³/mol. The van der Waals surface area contributed by atoms with Crippen LogP contribution >= 0.6 is 0 Å². The number of ether oxygens (including phenoxy) is 3. The molecule has 10 heteroatoms. The number of carboxylic acid groups (broad SMARTS) is 2. The van der Waals surface area contributed by atoms with Gasteiger partial charge in [0.15, 0.2) is 18.1 Å². The smallest absolute Gasteiger partial charge is 0.414 e. The first-order valence-corrected chi connectivity index (χ1v) is 11.4. The van der Waals surface area contributed by atoms with Crippen molar-refractivity contribution in [2.45, 2.75) is 6.54 Å². The summed E-state index contributed by atoms with van der Waals surface area (Å²) in [6, 6.07) is 20.1. The maximum Gasteiger partial charge on any atom is 0.414 e. The zero-order valence-electron chi connectivity index (χ0n) is 19.5. The van der Waals surface area contributed by atoms with Crippen LogP contribution in [0.2, 0.25) is 0 Å². The number of nitrogens with zero attached hydrogens (tertiary/aromatic N) is 2. The number of aliphatic carboxylic acids is 2. The normalized spacial score (nSPS) is 14.6. The molecule has 0 radical (unpaired) electrons. The summed E-state index contributed by atoms with van der Waals surface area (Å²) in [4.78, 5) is 35.0. The summed E-state index contributed by atoms with van der Waals surface area (Å²) < 4.78 is 16.6. The van der Waals surface area contributed by atoms with Crippen LogP contribution in [0.3, 0.4) is 0 Å². The molecule has 1 saturated heterocycles. The Labute approximate surface area is 207 Å². The average molecular weight is 495 g/mol. The topological polar surface area (TPSA) is 126 Å². The molecule has 3 aromatic rings. The van der Waals surface area contributed by atoms with Crippen molar-refractivity contribution in [3.05, 3.63) is 66.2 Å². The summed E-state index contributed by atoms with van der Waals surface area (Å²) in [5.74, 6) is -1.27. The van der Waals surface area contributed by atoms with Crippen LogP contribution < -0.4 is 14.2 Å². The molecule has 3 aromatic carbocycles. The maximum absolute atomic E-state index is 12.6. The van der Waals surface area contributed by atoms with Crippen molar-refractivity contribution in [2.24, 2.45) is 0 Å². The number of piperazine rings is 1. The monoisotopic (exact) mass is 494 g/mol. The Hall–Kier alpha value is -4.31. The van der Waals surface area contributed by atoms with Crippen molar-refractivity contribution in [3.63, 3.8) is 0 Å². The third-order valence-corrected chi connectivity index (χ3v) is 5.83. The molecule has 36 heavy (non-hydrogen) atoms. The molecule has 0 spiro atoms. The largest absolute Gasteiger partial charge is 0.484 e. The summed E-state index contributed by atoms with van der Waals surface area (Å²) in [5.41, 5.74) is 1.19. The van der Waals surface area contributed by atoms with Crippen molar-refractivity contribution in [3.8, 4) is 17.2 Å². The van der Waals surface area contributed by atoms with Gasteiger partial charge in [-0.15, -0.1) is 0 Å². The Bertz CT molecular complexity index is 1240. The molecule has 0 bridgehead atoms. The highest BCUT2D eigenvalue weighted by atomic mass is 16.7. The molecule has 1 amide bonds. The zero-order valence-corrected chi connectivity index (χ0v) is 19.5. The lowest BCUT2D eigenvalue weighted by atomic mass is 10.1. The summed E-state index contributed by atoms with van der Waals surface area (Å²) in [7, 11) is 0. The molecule has 10 nitrogen and oxygen atoms in total. The molecule has 0 saturated carbocycles. The first-order valence-electron chi connectivity index (χ1n) is 11.4. The van der Waals surface area contributed by atoms with Crippen molar-refractivity contribution in [1.29, 1.82) is 0 Å². The van der Waals surface area contributed by atoms with Crippen molar-refractivity contribution in [2.75, 3.05) is 39.6 Å². The van der Waals surface area contributed by atoms with Gasteiger partial charge in [0.2, 0.25) is 6.79 Å². The van der Waals surface area contributed by atoms with Gasteiger partial charge in [0, 0.05) is 32.7 Å². The van der Waals surface area contributed by atoms with Crippen LogP contribution in [-0.2, 0) is 20.9 Å². The van der Waals surface area contributed by atoms with E-state index >= 15 is 0 Å². The highest BCUT2D eigenvalue weighted by Gasteiger charge is 2.22. The lowest BCUT2D eigenvalue weighted by Crippen LogP contribution is -2.49. The number of hydrogen-bond acceptors (Lipinski definition) is 7. The highest BCUT2D eigenvalue weighted by molar-refractivity contribution is 6.27. The molecular weight excluding hydrogens is 468 g/mol. The average Bonchev–Trinajstić information content (AvgIpc) is 3.36. The molecule has 0 atom stereocenters. The van der Waals surface area contributed by atoms with Crippen LogP contribution in [0.25, 0.3) is 10.8 Å². The van der Waals surface area contributed by atoms with Crippen LogP contribution in [0.5, 0.6) is 17.2 Å². The van der Waals surface area contributed by atoms with E-state index in [4.69, 9.17) is 34.0 Å². The van der Waals surface area contributed by atoms with Crippen LogP contribution in [0.15, 0.2) is 60.7 Å². The van der Waals surface area contributed by atoms with Crippen molar-refractivity contribution in [1.82, 2.24) is 9.80 Å². The third kappa shape index (κ3) is 6.42. The first kappa shape index (κ1) is 24.8. The number of hydrogen-bond donors (Lipinski definition) is 2. The zero-order chi connectivity index (χ0) is 25.5. The van der Waals surface area contributed by atoms with Gasteiger partial charge in [-0.25, -0.2) is 9.59 Å². The van der Waals surface area contributed by atoms with Crippen LogP contribution in [0, 0.1) is 0 Å². The quantitative estimate of drug-likeness (QED) is 0.515. The summed E-state index contributed by atoms with van der Waals surface area (Å²) >= 11 is 0. The molecular formula is C26H26N2O8. The minimum Gasteiger partial charge on any atom is -0.484 e. The molecule has 188 valence electrons. The van der Waals surface area contributed by atoms with E-state index in [1.54, 1.807) is 0 Å². The highest BCUT2D eigenvalue weighted by Crippen LogP contribution is 2.32. The van der Waals surface area contributed by atoms with Gasteiger partial charge in [-0.2, -0.15) is 0 Å². The van der Waals surface area contributed by atoms with E-state index in [0.29, 0.717) is 19.9 Å². The molecule has 2 heterocycles. The molecule has 0 unspecified atom stereocenters. The fourth-order valence-electron chi connectivity index (χ4n) is 3.95.